The first-order valence-corrected chi connectivity index (χ1v) is 4.88. The Balaban J connectivity index is 0.00000225. The molecule has 0 fully saturated rings. The lowest BCUT2D eigenvalue weighted by Crippen LogP contribution is -2.54. The molecule has 1 heterocycles. The number of nitrogens with zero attached hydrogens (tertiary/aromatic N) is 1. The molecule has 0 aliphatic heterocycles. The van der Waals surface area contributed by atoms with E-state index >= 15 is 0 Å². The summed E-state index contributed by atoms with van der Waals surface area (Å²) in [6.07, 6.45) is 3.60. The molecule has 1 unspecified atom stereocenters. The van der Waals surface area contributed by atoms with E-state index < -0.39 is 11.5 Å². The van der Waals surface area contributed by atoms with E-state index in [1.807, 2.05) is 19.9 Å². The molecular weight excluding hydrogens is 228 g/mol. The highest BCUT2D eigenvalue weighted by atomic mass is 35.5. The predicted molar refractivity (Wildman–Crippen MR) is 64.6 cm³/mol. The zero-order chi connectivity index (χ0) is 11.5. The van der Waals surface area contributed by atoms with Crippen molar-refractivity contribution in [3.8, 4) is 0 Å². The van der Waals surface area contributed by atoms with Gasteiger partial charge < -0.3 is 10.8 Å². The van der Waals surface area contributed by atoms with E-state index in [9.17, 15) is 4.79 Å². The molecule has 5 heteroatoms. The van der Waals surface area contributed by atoms with Gasteiger partial charge in [0.25, 0.3) is 0 Å². The normalized spacial score (nSPS) is 14.0. The van der Waals surface area contributed by atoms with Gasteiger partial charge in [0.2, 0.25) is 0 Å². The number of carbonyl (C=O) groups is 1. The van der Waals surface area contributed by atoms with Gasteiger partial charge in [-0.3, -0.25) is 9.78 Å². The first-order chi connectivity index (χ1) is 6.97. The van der Waals surface area contributed by atoms with Crippen LogP contribution in [0.25, 0.3) is 0 Å². The largest absolute Gasteiger partial charge is 0.480 e. The SMILES string of the molecule is CC(C)C(N)(Cc1cccnc1)C(=O)O.Cl. The predicted octanol–water partition coefficient (Wildman–Crippen LogP) is 1.48. The van der Waals surface area contributed by atoms with Gasteiger partial charge in [0.1, 0.15) is 5.54 Å². The van der Waals surface area contributed by atoms with E-state index in [2.05, 4.69) is 4.98 Å². The number of pyridine rings is 1. The number of hydrogen-bond donors (Lipinski definition) is 2. The van der Waals surface area contributed by atoms with Crippen molar-refractivity contribution >= 4 is 18.4 Å². The summed E-state index contributed by atoms with van der Waals surface area (Å²) in [5.74, 6) is -1.10. The van der Waals surface area contributed by atoms with Crippen LogP contribution in [0.5, 0.6) is 0 Å². The molecule has 0 aliphatic rings. The average molecular weight is 245 g/mol. The Kier molecular flexibility index (Phi) is 5.41. The fourth-order valence-electron chi connectivity index (χ4n) is 1.37. The van der Waals surface area contributed by atoms with Crippen LogP contribution in [0.4, 0.5) is 0 Å². The summed E-state index contributed by atoms with van der Waals surface area (Å²) in [4.78, 5) is 15.1. The molecule has 0 aliphatic carbocycles. The molecule has 90 valence electrons. The van der Waals surface area contributed by atoms with Crippen LogP contribution in [-0.2, 0) is 11.2 Å². The van der Waals surface area contributed by atoms with Crippen molar-refractivity contribution in [2.24, 2.45) is 11.7 Å². The molecule has 0 radical (unpaired) electrons. The molecule has 0 bridgehead atoms. The molecule has 1 aromatic rings. The highest BCUT2D eigenvalue weighted by Gasteiger charge is 2.37. The number of aliphatic carboxylic acids is 1. The van der Waals surface area contributed by atoms with Gasteiger partial charge in [-0.15, -0.1) is 12.4 Å². The lowest BCUT2D eigenvalue weighted by Gasteiger charge is -2.28. The minimum atomic E-state index is -1.22. The third-order valence-electron chi connectivity index (χ3n) is 2.65. The standard InChI is InChI=1S/C11H16N2O2.ClH/c1-8(2)11(12,10(14)15)6-9-4-3-5-13-7-9;/h3-5,7-8H,6,12H2,1-2H3,(H,14,15);1H. The quantitative estimate of drug-likeness (QED) is 0.841. The van der Waals surface area contributed by atoms with Crippen LogP contribution in [0.15, 0.2) is 24.5 Å². The zero-order valence-electron chi connectivity index (χ0n) is 9.38. The molecule has 1 aromatic heterocycles. The maximum Gasteiger partial charge on any atom is 0.324 e. The van der Waals surface area contributed by atoms with Gasteiger partial charge in [-0.1, -0.05) is 19.9 Å². The van der Waals surface area contributed by atoms with E-state index in [4.69, 9.17) is 10.8 Å². The Labute approximate surface area is 101 Å². The van der Waals surface area contributed by atoms with E-state index in [1.54, 1.807) is 18.5 Å². The topological polar surface area (TPSA) is 76.2 Å². The monoisotopic (exact) mass is 244 g/mol. The summed E-state index contributed by atoms with van der Waals surface area (Å²) in [6, 6.07) is 3.61. The van der Waals surface area contributed by atoms with Crippen LogP contribution >= 0.6 is 12.4 Å². The molecular formula is C11H17ClN2O2. The number of hydrogen-bond acceptors (Lipinski definition) is 3. The summed E-state index contributed by atoms with van der Waals surface area (Å²) in [6.45, 7) is 3.62. The molecule has 0 saturated carbocycles. The minimum Gasteiger partial charge on any atom is -0.480 e. The average Bonchev–Trinajstić information content (AvgIpc) is 2.18. The third kappa shape index (κ3) is 3.18. The Morgan fingerprint density at radius 1 is 1.62 bits per heavy atom. The van der Waals surface area contributed by atoms with Crippen molar-refractivity contribution in [1.82, 2.24) is 4.98 Å². The van der Waals surface area contributed by atoms with Gasteiger partial charge in [-0.25, -0.2) is 0 Å². The lowest BCUT2D eigenvalue weighted by molar-refractivity contribution is -0.145. The molecule has 0 amide bonds. The number of carboxylic acid groups (broad SMARTS) is 1. The minimum absolute atomic E-state index is 0. The molecule has 0 saturated heterocycles. The number of halogens is 1. The van der Waals surface area contributed by atoms with Crippen LogP contribution in [0, 0.1) is 5.92 Å². The van der Waals surface area contributed by atoms with Crippen molar-refractivity contribution in [1.29, 1.82) is 0 Å². The van der Waals surface area contributed by atoms with Gasteiger partial charge >= 0.3 is 5.97 Å². The smallest absolute Gasteiger partial charge is 0.324 e. The Morgan fingerprint density at radius 3 is 2.62 bits per heavy atom. The highest BCUT2D eigenvalue weighted by Crippen LogP contribution is 2.19. The van der Waals surface area contributed by atoms with Gasteiger partial charge in [-0.2, -0.15) is 0 Å². The summed E-state index contributed by atoms with van der Waals surface area (Å²) in [5, 5.41) is 9.12. The fraction of sp³-hybridized carbons (Fsp3) is 0.455. The van der Waals surface area contributed by atoms with Crippen molar-refractivity contribution in [3.63, 3.8) is 0 Å². The van der Waals surface area contributed by atoms with Crippen molar-refractivity contribution in [2.45, 2.75) is 25.8 Å². The van der Waals surface area contributed by atoms with Crippen LogP contribution < -0.4 is 5.73 Å². The van der Waals surface area contributed by atoms with E-state index in [1.165, 1.54) is 0 Å². The summed E-state index contributed by atoms with van der Waals surface area (Å²) in [7, 11) is 0. The van der Waals surface area contributed by atoms with E-state index in [0.717, 1.165) is 5.56 Å². The first kappa shape index (κ1) is 14.9. The second-order valence-electron chi connectivity index (χ2n) is 4.04. The summed E-state index contributed by atoms with van der Waals surface area (Å²) >= 11 is 0. The van der Waals surface area contributed by atoms with E-state index in [0.29, 0.717) is 6.42 Å². The van der Waals surface area contributed by atoms with Gasteiger partial charge in [0, 0.05) is 18.8 Å². The maximum absolute atomic E-state index is 11.1. The summed E-state index contributed by atoms with van der Waals surface area (Å²) in [5.41, 5.74) is 5.51. The van der Waals surface area contributed by atoms with Crippen molar-refractivity contribution in [2.75, 3.05) is 0 Å². The molecule has 0 aromatic carbocycles. The second kappa shape index (κ2) is 5.82. The van der Waals surface area contributed by atoms with Crippen LogP contribution in [0.1, 0.15) is 19.4 Å². The zero-order valence-corrected chi connectivity index (χ0v) is 10.2. The van der Waals surface area contributed by atoms with Crippen molar-refractivity contribution < 1.29 is 9.90 Å². The molecule has 4 nitrogen and oxygen atoms in total. The molecule has 1 rings (SSSR count). The van der Waals surface area contributed by atoms with Crippen LogP contribution in [-0.4, -0.2) is 21.6 Å². The van der Waals surface area contributed by atoms with Gasteiger partial charge in [0.05, 0.1) is 0 Å². The van der Waals surface area contributed by atoms with E-state index in [-0.39, 0.29) is 18.3 Å². The second-order valence-corrected chi connectivity index (χ2v) is 4.04. The van der Waals surface area contributed by atoms with Gasteiger partial charge in [0.15, 0.2) is 0 Å². The van der Waals surface area contributed by atoms with Crippen molar-refractivity contribution in [3.05, 3.63) is 30.1 Å². The highest BCUT2D eigenvalue weighted by molar-refractivity contribution is 5.85. The number of nitrogens with two attached hydrogens (primary N) is 1. The van der Waals surface area contributed by atoms with Gasteiger partial charge in [-0.05, 0) is 17.5 Å². The van der Waals surface area contributed by atoms with Crippen LogP contribution in [0.2, 0.25) is 0 Å². The molecule has 1 atom stereocenters. The number of carboxylic acids is 1. The first-order valence-electron chi connectivity index (χ1n) is 4.88. The van der Waals surface area contributed by atoms with Crippen LogP contribution in [0.3, 0.4) is 0 Å². The fourth-order valence-corrected chi connectivity index (χ4v) is 1.37. The maximum atomic E-state index is 11.1. The molecule has 0 spiro atoms. The Morgan fingerprint density at radius 2 is 2.25 bits per heavy atom. The summed E-state index contributed by atoms with van der Waals surface area (Å²) < 4.78 is 0. The number of aromatic nitrogens is 1. The Bertz CT molecular complexity index is 343. The molecule has 3 N–H and O–H groups in total. The third-order valence-corrected chi connectivity index (χ3v) is 2.65. The lowest BCUT2D eigenvalue weighted by atomic mass is 9.82. The molecule has 16 heavy (non-hydrogen) atoms. The Hall–Kier alpha value is -1.13. The number of rotatable bonds is 4.